The van der Waals surface area contributed by atoms with Crippen molar-refractivity contribution in [2.24, 2.45) is 5.73 Å². The zero-order chi connectivity index (χ0) is 13.3. The van der Waals surface area contributed by atoms with Crippen molar-refractivity contribution in [3.63, 3.8) is 0 Å². The minimum Gasteiger partial charge on any atom is -0.395 e. The first-order chi connectivity index (χ1) is 8.06. The smallest absolute Gasteiger partial charge is 0.319 e. The number of hydrogen-bond acceptors (Lipinski definition) is 6. The zero-order valence-corrected chi connectivity index (χ0v) is 9.41. The molecule has 94 valence electrons. The van der Waals surface area contributed by atoms with Crippen LogP contribution in [0, 0.1) is 11.3 Å². The molecule has 0 aliphatic heterocycles. The Morgan fingerprint density at radius 3 is 2.53 bits per heavy atom. The van der Waals surface area contributed by atoms with Gasteiger partial charge in [-0.05, 0) is 6.42 Å². The molecule has 17 heavy (non-hydrogen) atoms. The van der Waals surface area contributed by atoms with Crippen molar-refractivity contribution >= 4 is 11.9 Å². The third-order valence-corrected chi connectivity index (χ3v) is 1.71. The SMILES string of the molecule is CCC(NNCCO)=C(C#N)C(=O)NC(N)=O. The molecule has 0 heterocycles. The molecule has 8 heteroatoms. The van der Waals surface area contributed by atoms with E-state index >= 15 is 0 Å². The van der Waals surface area contributed by atoms with E-state index in [0.29, 0.717) is 12.1 Å². The number of rotatable bonds is 6. The van der Waals surface area contributed by atoms with Gasteiger partial charge < -0.3 is 16.3 Å². The zero-order valence-electron chi connectivity index (χ0n) is 9.41. The number of amides is 3. The van der Waals surface area contributed by atoms with E-state index in [2.05, 4.69) is 10.9 Å². The summed E-state index contributed by atoms with van der Waals surface area (Å²) in [4.78, 5) is 21.9. The maximum Gasteiger partial charge on any atom is 0.319 e. The average Bonchev–Trinajstić information content (AvgIpc) is 2.27. The predicted octanol–water partition coefficient (Wildman–Crippen LogP) is -1.54. The molecule has 0 unspecified atom stereocenters. The number of nitriles is 1. The normalized spacial score (nSPS) is 11.1. The van der Waals surface area contributed by atoms with Crippen molar-refractivity contribution in [1.82, 2.24) is 16.2 Å². The second-order valence-electron chi connectivity index (χ2n) is 2.91. The molecule has 3 amide bonds. The van der Waals surface area contributed by atoms with E-state index in [9.17, 15) is 9.59 Å². The molecule has 0 saturated heterocycles. The molecule has 0 aromatic carbocycles. The molecule has 8 nitrogen and oxygen atoms in total. The lowest BCUT2D eigenvalue weighted by molar-refractivity contribution is -0.116. The van der Waals surface area contributed by atoms with E-state index in [1.807, 2.05) is 0 Å². The van der Waals surface area contributed by atoms with E-state index in [-0.39, 0.29) is 18.7 Å². The lowest BCUT2D eigenvalue weighted by atomic mass is 10.2. The number of hydrazine groups is 1. The van der Waals surface area contributed by atoms with Gasteiger partial charge in [-0.1, -0.05) is 6.92 Å². The molecule has 0 rings (SSSR count). The largest absolute Gasteiger partial charge is 0.395 e. The number of carbonyl (C=O) groups excluding carboxylic acids is 2. The summed E-state index contributed by atoms with van der Waals surface area (Å²) in [6, 6.07) is 0.654. The van der Waals surface area contributed by atoms with Gasteiger partial charge in [-0.25, -0.2) is 10.2 Å². The molecule has 0 spiro atoms. The molecule has 0 bridgehead atoms. The number of nitrogens with one attached hydrogen (secondary N) is 3. The highest BCUT2D eigenvalue weighted by atomic mass is 16.3. The van der Waals surface area contributed by atoms with Crippen molar-refractivity contribution < 1.29 is 14.7 Å². The van der Waals surface area contributed by atoms with Gasteiger partial charge in [0.05, 0.1) is 6.61 Å². The van der Waals surface area contributed by atoms with Crippen LogP contribution in [0.15, 0.2) is 11.3 Å². The number of aliphatic hydroxyl groups is 1. The monoisotopic (exact) mass is 241 g/mol. The highest BCUT2D eigenvalue weighted by molar-refractivity contribution is 6.06. The predicted molar refractivity (Wildman–Crippen MR) is 58.9 cm³/mol. The fraction of sp³-hybridized carbons (Fsp3) is 0.444. The average molecular weight is 241 g/mol. The van der Waals surface area contributed by atoms with Crippen LogP contribution in [0.2, 0.25) is 0 Å². The van der Waals surface area contributed by atoms with Gasteiger partial charge in [-0.15, -0.1) is 0 Å². The Bertz CT molecular complexity index is 358. The number of primary amides is 1. The standard InChI is InChI=1S/C9H15N5O3/c1-2-7(14-12-3-4-15)6(5-10)8(16)13-9(11)17/h12,14-15H,2-4H2,1H3,(H3,11,13,16,17). The minimum atomic E-state index is -1.03. The van der Waals surface area contributed by atoms with Crippen LogP contribution in [0.4, 0.5) is 4.79 Å². The molecule has 0 radical (unpaired) electrons. The van der Waals surface area contributed by atoms with Crippen molar-refractivity contribution in [2.75, 3.05) is 13.2 Å². The van der Waals surface area contributed by atoms with Gasteiger partial charge in [0.25, 0.3) is 5.91 Å². The topological polar surface area (TPSA) is 140 Å². The summed E-state index contributed by atoms with van der Waals surface area (Å²) in [5.41, 5.74) is 10.1. The second kappa shape index (κ2) is 8.09. The lowest BCUT2D eigenvalue weighted by Crippen LogP contribution is -2.39. The van der Waals surface area contributed by atoms with E-state index < -0.39 is 11.9 Å². The lowest BCUT2D eigenvalue weighted by Gasteiger charge is -2.11. The number of hydrogen-bond donors (Lipinski definition) is 5. The van der Waals surface area contributed by atoms with Crippen molar-refractivity contribution in [3.05, 3.63) is 11.3 Å². The van der Waals surface area contributed by atoms with Crippen LogP contribution in [0.3, 0.4) is 0 Å². The summed E-state index contributed by atoms with van der Waals surface area (Å²) in [7, 11) is 0. The molecule has 6 N–H and O–H groups in total. The number of urea groups is 1. The molecule has 0 aromatic heterocycles. The summed E-state index contributed by atoms with van der Waals surface area (Å²) in [6.07, 6.45) is 0.369. The van der Waals surface area contributed by atoms with Gasteiger partial charge >= 0.3 is 6.03 Å². The highest BCUT2D eigenvalue weighted by Gasteiger charge is 2.15. The van der Waals surface area contributed by atoms with Crippen molar-refractivity contribution in [1.29, 1.82) is 5.26 Å². The van der Waals surface area contributed by atoms with Gasteiger partial charge in [-0.2, -0.15) is 5.26 Å². The first-order valence-electron chi connectivity index (χ1n) is 4.90. The molecular weight excluding hydrogens is 226 g/mol. The highest BCUT2D eigenvalue weighted by Crippen LogP contribution is 2.04. The quantitative estimate of drug-likeness (QED) is 0.165. The van der Waals surface area contributed by atoms with Gasteiger partial charge in [-0.3, -0.25) is 10.1 Å². The van der Waals surface area contributed by atoms with Gasteiger partial charge in [0.15, 0.2) is 0 Å². The summed E-state index contributed by atoms with van der Waals surface area (Å²) in [5, 5.41) is 19.2. The van der Waals surface area contributed by atoms with Crippen LogP contribution in [-0.2, 0) is 4.79 Å². The van der Waals surface area contributed by atoms with Gasteiger partial charge in [0, 0.05) is 12.2 Å². The third kappa shape index (κ3) is 5.50. The third-order valence-electron chi connectivity index (χ3n) is 1.71. The Hall–Kier alpha value is -2.11. The second-order valence-corrected chi connectivity index (χ2v) is 2.91. The summed E-state index contributed by atoms with van der Waals surface area (Å²) >= 11 is 0. The molecule has 0 aromatic rings. The van der Waals surface area contributed by atoms with Gasteiger partial charge in [0.2, 0.25) is 0 Å². The maximum absolute atomic E-state index is 11.4. The molecular formula is C9H15N5O3. The van der Waals surface area contributed by atoms with E-state index in [4.69, 9.17) is 16.1 Å². The van der Waals surface area contributed by atoms with Crippen LogP contribution in [-0.4, -0.2) is 30.2 Å². The van der Waals surface area contributed by atoms with E-state index in [1.165, 1.54) is 0 Å². The first kappa shape index (κ1) is 14.9. The fourth-order valence-electron chi connectivity index (χ4n) is 0.982. The van der Waals surface area contributed by atoms with Crippen LogP contribution in [0.25, 0.3) is 0 Å². The molecule has 0 fully saturated rings. The maximum atomic E-state index is 11.4. The van der Waals surface area contributed by atoms with Crippen molar-refractivity contribution in [3.8, 4) is 6.07 Å². The van der Waals surface area contributed by atoms with Gasteiger partial charge in [0.1, 0.15) is 11.6 Å². The number of allylic oxidation sites excluding steroid dienone is 1. The minimum absolute atomic E-state index is 0.0979. The fourth-order valence-corrected chi connectivity index (χ4v) is 0.982. The Balaban J connectivity index is 4.79. The van der Waals surface area contributed by atoms with E-state index in [1.54, 1.807) is 18.3 Å². The number of nitrogens with two attached hydrogens (primary N) is 1. The van der Waals surface area contributed by atoms with Crippen LogP contribution in [0.1, 0.15) is 13.3 Å². The number of nitrogens with zero attached hydrogens (tertiary/aromatic N) is 1. The molecule has 0 atom stereocenters. The van der Waals surface area contributed by atoms with Crippen molar-refractivity contribution in [2.45, 2.75) is 13.3 Å². The molecule has 0 saturated carbocycles. The van der Waals surface area contributed by atoms with Crippen LogP contribution >= 0.6 is 0 Å². The van der Waals surface area contributed by atoms with E-state index in [0.717, 1.165) is 0 Å². The summed E-state index contributed by atoms with van der Waals surface area (Å²) in [5.74, 6) is -0.866. The number of imide groups is 1. The molecule has 0 aliphatic carbocycles. The Morgan fingerprint density at radius 1 is 1.47 bits per heavy atom. The summed E-state index contributed by atoms with van der Waals surface area (Å²) in [6.45, 7) is 1.87. The Kier molecular flexibility index (Phi) is 7.09. The Morgan fingerprint density at radius 2 is 2.12 bits per heavy atom. The number of carbonyl (C=O) groups is 2. The number of aliphatic hydroxyl groups excluding tert-OH is 1. The first-order valence-corrected chi connectivity index (χ1v) is 4.90. The van der Waals surface area contributed by atoms with Crippen LogP contribution in [0.5, 0.6) is 0 Å². The summed E-state index contributed by atoms with van der Waals surface area (Å²) < 4.78 is 0. The van der Waals surface area contributed by atoms with Crippen LogP contribution < -0.4 is 21.9 Å². The molecule has 0 aliphatic rings. The Labute approximate surface area is 98.4 Å².